The first-order valence-corrected chi connectivity index (χ1v) is 5.74. The van der Waals surface area contributed by atoms with Gasteiger partial charge < -0.3 is 4.90 Å². The quantitative estimate of drug-likeness (QED) is 0.568. The third-order valence-electron chi connectivity index (χ3n) is 3.13. The molecule has 0 aromatic heterocycles. The van der Waals surface area contributed by atoms with E-state index in [4.69, 9.17) is 0 Å². The Hall–Kier alpha value is -1.58. The van der Waals surface area contributed by atoms with Gasteiger partial charge in [-0.1, -0.05) is 6.07 Å². The van der Waals surface area contributed by atoms with Crippen LogP contribution in [0.25, 0.3) is 0 Å². The number of hydrogen-bond acceptors (Lipinski definition) is 3. The topological polar surface area (TPSA) is 46.4 Å². The van der Waals surface area contributed by atoms with Crippen LogP contribution < -0.4 is 4.90 Å². The van der Waals surface area contributed by atoms with E-state index in [0.29, 0.717) is 0 Å². The Morgan fingerprint density at radius 3 is 2.94 bits per heavy atom. The molecule has 1 heterocycles. The molecule has 16 heavy (non-hydrogen) atoms. The number of aryl methyl sites for hydroxylation is 1. The minimum atomic E-state index is -0.320. The maximum Gasteiger partial charge on any atom is 0.271 e. The molecular formula is C12H16N2O2. The molecular weight excluding hydrogens is 204 g/mol. The van der Waals surface area contributed by atoms with E-state index in [2.05, 4.69) is 11.8 Å². The van der Waals surface area contributed by atoms with Crippen LogP contribution in [-0.4, -0.2) is 18.0 Å². The van der Waals surface area contributed by atoms with Crippen LogP contribution in [0.3, 0.4) is 0 Å². The molecule has 0 N–H and O–H groups in total. The first-order valence-electron chi connectivity index (χ1n) is 5.74. The number of hydrogen-bond donors (Lipinski definition) is 0. The van der Waals surface area contributed by atoms with E-state index in [1.807, 2.05) is 6.07 Å². The number of nitrogens with zero attached hydrogens (tertiary/aromatic N) is 2. The maximum absolute atomic E-state index is 10.8. The molecule has 0 saturated carbocycles. The van der Waals surface area contributed by atoms with Gasteiger partial charge in [-0.15, -0.1) is 0 Å². The maximum atomic E-state index is 10.8. The second-order valence-electron chi connectivity index (χ2n) is 4.11. The summed E-state index contributed by atoms with van der Waals surface area (Å²) in [6.45, 7) is 4.01. The van der Waals surface area contributed by atoms with Crippen LogP contribution in [0, 0.1) is 10.1 Å². The summed E-state index contributed by atoms with van der Waals surface area (Å²) in [5, 5.41) is 10.8. The summed E-state index contributed by atoms with van der Waals surface area (Å²) in [7, 11) is 0. The molecule has 1 aliphatic rings. The second kappa shape index (κ2) is 4.51. The van der Waals surface area contributed by atoms with Gasteiger partial charge in [0, 0.05) is 30.9 Å². The number of non-ortho nitro benzene ring substituents is 1. The van der Waals surface area contributed by atoms with Gasteiger partial charge >= 0.3 is 0 Å². The highest BCUT2D eigenvalue weighted by molar-refractivity contribution is 5.59. The van der Waals surface area contributed by atoms with Crippen molar-refractivity contribution in [1.29, 1.82) is 0 Å². The molecule has 0 radical (unpaired) electrons. The summed E-state index contributed by atoms with van der Waals surface area (Å²) >= 11 is 0. The number of nitro groups is 1. The zero-order valence-electron chi connectivity index (χ0n) is 9.48. The van der Waals surface area contributed by atoms with Crippen LogP contribution >= 0.6 is 0 Å². The summed E-state index contributed by atoms with van der Waals surface area (Å²) in [6, 6.07) is 5.23. The van der Waals surface area contributed by atoms with Gasteiger partial charge in [0.05, 0.1) is 4.92 Å². The Bertz CT molecular complexity index is 404. The van der Waals surface area contributed by atoms with E-state index in [9.17, 15) is 10.1 Å². The Balaban J connectivity index is 2.43. The largest absolute Gasteiger partial charge is 0.371 e. The third kappa shape index (κ3) is 2.01. The third-order valence-corrected chi connectivity index (χ3v) is 3.13. The summed E-state index contributed by atoms with van der Waals surface area (Å²) in [5.41, 5.74) is 2.48. The standard InChI is InChI=1S/C12H16N2O2/c1-2-13-8-4-3-5-10-6-7-11(14(15)16)9-12(10)13/h6-7,9H,2-5,8H2,1H3. The van der Waals surface area contributed by atoms with Crippen molar-refractivity contribution in [2.75, 3.05) is 18.0 Å². The predicted molar refractivity (Wildman–Crippen MR) is 63.9 cm³/mol. The summed E-state index contributed by atoms with van der Waals surface area (Å²) in [4.78, 5) is 12.7. The van der Waals surface area contributed by atoms with Crippen LogP contribution in [0.1, 0.15) is 25.3 Å². The van der Waals surface area contributed by atoms with Crippen LogP contribution in [0.15, 0.2) is 18.2 Å². The number of anilines is 1. The summed E-state index contributed by atoms with van der Waals surface area (Å²) in [6.07, 6.45) is 3.36. The minimum Gasteiger partial charge on any atom is -0.371 e. The first-order chi connectivity index (χ1) is 7.72. The zero-order chi connectivity index (χ0) is 11.5. The van der Waals surface area contributed by atoms with Crippen molar-refractivity contribution in [3.8, 4) is 0 Å². The Morgan fingerprint density at radius 2 is 2.25 bits per heavy atom. The van der Waals surface area contributed by atoms with E-state index in [0.717, 1.165) is 31.6 Å². The molecule has 0 spiro atoms. The molecule has 0 fully saturated rings. The molecule has 2 rings (SSSR count). The molecule has 0 bridgehead atoms. The van der Waals surface area contributed by atoms with Gasteiger partial charge in [-0.2, -0.15) is 0 Å². The van der Waals surface area contributed by atoms with E-state index in [-0.39, 0.29) is 10.6 Å². The molecule has 1 aromatic carbocycles. The van der Waals surface area contributed by atoms with Gasteiger partial charge in [0.15, 0.2) is 0 Å². The van der Waals surface area contributed by atoms with Crippen molar-refractivity contribution in [2.45, 2.75) is 26.2 Å². The number of fused-ring (bicyclic) bond motifs is 1. The van der Waals surface area contributed by atoms with Crippen molar-refractivity contribution >= 4 is 11.4 Å². The lowest BCUT2D eigenvalue weighted by Gasteiger charge is -2.22. The minimum absolute atomic E-state index is 0.194. The van der Waals surface area contributed by atoms with E-state index < -0.39 is 0 Å². The smallest absolute Gasteiger partial charge is 0.271 e. The van der Waals surface area contributed by atoms with Gasteiger partial charge in [-0.3, -0.25) is 10.1 Å². The molecule has 0 saturated heterocycles. The Kier molecular flexibility index (Phi) is 3.08. The number of rotatable bonds is 2. The highest BCUT2D eigenvalue weighted by Crippen LogP contribution is 2.29. The first kappa shape index (κ1) is 10.9. The molecule has 4 heteroatoms. The van der Waals surface area contributed by atoms with Gasteiger partial charge in [0.1, 0.15) is 0 Å². The van der Waals surface area contributed by atoms with Crippen molar-refractivity contribution in [3.63, 3.8) is 0 Å². The SMILES string of the molecule is CCN1CCCCc2ccc([N+](=O)[O-])cc21. The molecule has 0 atom stereocenters. The fraction of sp³-hybridized carbons (Fsp3) is 0.500. The van der Waals surface area contributed by atoms with Crippen molar-refractivity contribution in [2.24, 2.45) is 0 Å². The van der Waals surface area contributed by atoms with Crippen molar-refractivity contribution in [3.05, 3.63) is 33.9 Å². The molecule has 0 aliphatic carbocycles. The predicted octanol–water partition coefficient (Wildman–Crippen LogP) is 2.76. The van der Waals surface area contributed by atoms with Crippen LogP contribution in [0.2, 0.25) is 0 Å². The molecule has 1 aliphatic heterocycles. The summed E-state index contributed by atoms with van der Waals surface area (Å²) in [5.74, 6) is 0. The number of benzene rings is 1. The zero-order valence-corrected chi connectivity index (χ0v) is 9.48. The van der Waals surface area contributed by atoms with Crippen LogP contribution in [-0.2, 0) is 6.42 Å². The average Bonchev–Trinajstić information content (AvgIpc) is 2.49. The lowest BCUT2D eigenvalue weighted by Crippen LogP contribution is -2.23. The molecule has 1 aromatic rings. The molecule has 86 valence electrons. The van der Waals surface area contributed by atoms with Gasteiger partial charge in [-0.25, -0.2) is 0 Å². The second-order valence-corrected chi connectivity index (χ2v) is 4.11. The van der Waals surface area contributed by atoms with Crippen LogP contribution in [0.4, 0.5) is 11.4 Å². The highest BCUT2D eigenvalue weighted by atomic mass is 16.6. The average molecular weight is 220 g/mol. The van der Waals surface area contributed by atoms with Gasteiger partial charge in [0.2, 0.25) is 0 Å². The highest BCUT2D eigenvalue weighted by Gasteiger charge is 2.17. The Morgan fingerprint density at radius 1 is 1.44 bits per heavy atom. The lowest BCUT2D eigenvalue weighted by molar-refractivity contribution is -0.384. The fourth-order valence-corrected chi connectivity index (χ4v) is 2.24. The van der Waals surface area contributed by atoms with Crippen LogP contribution in [0.5, 0.6) is 0 Å². The van der Waals surface area contributed by atoms with E-state index in [1.54, 1.807) is 12.1 Å². The monoisotopic (exact) mass is 220 g/mol. The lowest BCUT2D eigenvalue weighted by atomic mass is 10.1. The van der Waals surface area contributed by atoms with E-state index >= 15 is 0 Å². The molecule has 0 amide bonds. The normalized spacial score (nSPS) is 15.4. The van der Waals surface area contributed by atoms with E-state index in [1.165, 1.54) is 12.0 Å². The summed E-state index contributed by atoms with van der Waals surface area (Å²) < 4.78 is 0. The van der Waals surface area contributed by atoms with Gasteiger partial charge in [-0.05, 0) is 31.7 Å². The fourth-order valence-electron chi connectivity index (χ4n) is 2.24. The Labute approximate surface area is 95.0 Å². The molecule has 0 unspecified atom stereocenters. The van der Waals surface area contributed by atoms with Crippen molar-refractivity contribution < 1.29 is 4.92 Å². The number of nitro benzene ring substituents is 1. The van der Waals surface area contributed by atoms with Gasteiger partial charge in [0.25, 0.3) is 5.69 Å². The molecule has 4 nitrogen and oxygen atoms in total. The van der Waals surface area contributed by atoms with Crippen molar-refractivity contribution in [1.82, 2.24) is 0 Å².